The second-order valence-electron chi connectivity index (χ2n) is 3.84. The third-order valence-electron chi connectivity index (χ3n) is 2.32. The van der Waals surface area contributed by atoms with Crippen LogP contribution in [0.2, 0.25) is 5.02 Å². The van der Waals surface area contributed by atoms with Gasteiger partial charge >= 0.3 is 0 Å². The van der Waals surface area contributed by atoms with Crippen LogP contribution in [0, 0.1) is 0 Å². The average molecular weight is 224 g/mol. The standard InChI is InChI=1S/C12H14ClNO/c1-8(2)15-7-9-6-14-12-10(9)4-3-5-11(12)13/h3-6,8,14H,7H2,1-2H3. The molecular formula is C12H14ClNO. The van der Waals surface area contributed by atoms with Gasteiger partial charge in [-0.1, -0.05) is 23.7 Å². The molecule has 0 amide bonds. The van der Waals surface area contributed by atoms with Gasteiger partial charge in [0.1, 0.15) is 0 Å². The summed E-state index contributed by atoms with van der Waals surface area (Å²) in [5.74, 6) is 0. The molecule has 0 unspecified atom stereocenters. The molecule has 1 heterocycles. The predicted molar refractivity (Wildman–Crippen MR) is 63.2 cm³/mol. The van der Waals surface area contributed by atoms with Gasteiger partial charge in [0.25, 0.3) is 0 Å². The summed E-state index contributed by atoms with van der Waals surface area (Å²) < 4.78 is 5.57. The summed E-state index contributed by atoms with van der Waals surface area (Å²) in [5.41, 5.74) is 2.14. The van der Waals surface area contributed by atoms with Gasteiger partial charge in [0.2, 0.25) is 0 Å². The Morgan fingerprint density at radius 3 is 2.93 bits per heavy atom. The number of hydrogen-bond donors (Lipinski definition) is 1. The Morgan fingerprint density at radius 2 is 2.20 bits per heavy atom. The predicted octanol–water partition coefficient (Wildman–Crippen LogP) is 3.75. The molecule has 1 aromatic carbocycles. The quantitative estimate of drug-likeness (QED) is 0.843. The van der Waals surface area contributed by atoms with Crippen molar-refractivity contribution < 1.29 is 4.74 Å². The number of hydrogen-bond acceptors (Lipinski definition) is 1. The van der Waals surface area contributed by atoms with Crippen molar-refractivity contribution in [3.05, 3.63) is 35.0 Å². The van der Waals surface area contributed by atoms with Crippen LogP contribution in [0.3, 0.4) is 0 Å². The zero-order valence-electron chi connectivity index (χ0n) is 8.88. The lowest BCUT2D eigenvalue weighted by atomic mass is 10.2. The molecule has 3 heteroatoms. The van der Waals surface area contributed by atoms with E-state index in [9.17, 15) is 0 Å². The molecule has 1 aromatic heterocycles. The van der Waals surface area contributed by atoms with Gasteiger partial charge in [0, 0.05) is 17.1 Å². The maximum Gasteiger partial charge on any atom is 0.0741 e. The van der Waals surface area contributed by atoms with E-state index in [0.717, 1.165) is 21.5 Å². The van der Waals surface area contributed by atoms with Crippen LogP contribution >= 0.6 is 11.6 Å². The minimum atomic E-state index is 0.245. The Hall–Kier alpha value is -0.990. The van der Waals surface area contributed by atoms with E-state index < -0.39 is 0 Å². The first-order valence-electron chi connectivity index (χ1n) is 5.04. The number of fused-ring (bicyclic) bond motifs is 1. The average Bonchev–Trinajstić information content (AvgIpc) is 2.59. The maximum atomic E-state index is 6.06. The molecule has 0 bridgehead atoms. The van der Waals surface area contributed by atoms with E-state index in [4.69, 9.17) is 16.3 Å². The largest absolute Gasteiger partial charge is 0.374 e. The summed E-state index contributed by atoms with van der Waals surface area (Å²) >= 11 is 6.06. The van der Waals surface area contributed by atoms with Crippen molar-refractivity contribution in [1.82, 2.24) is 4.98 Å². The summed E-state index contributed by atoms with van der Waals surface area (Å²) in [7, 11) is 0. The highest BCUT2D eigenvalue weighted by atomic mass is 35.5. The minimum absolute atomic E-state index is 0.245. The van der Waals surface area contributed by atoms with Crippen LogP contribution in [-0.2, 0) is 11.3 Å². The smallest absolute Gasteiger partial charge is 0.0741 e. The molecule has 2 aromatic rings. The molecule has 80 valence electrons. The summed E-state index contributed by atoms with van der Waals surface area (Å²) in [4.78, 5) is 3.17. The Kier molecular flexibility index (Phi) is 2.98. The number of rotatable bonds is 3. The van der Waals surface area contributed by atoms with E-state index in [1.165, 1.54) is 0 Å². The Balaban J connectivity index is 2.33. The van der Waals surface area contributed by atoms with Gasteiger partial charge in [-0.05, 0) is 19.9 Å². The monoisotopic (exact) mass is 223 g/mol. The van der Waals surface area contributed by atoms with Crippen molar-refractivity contribution >= 4 is 22.5 Å². The van der Waals surface area contributed by atoms with Crippen molar-refractivity contribution in [2.45, 2.75) is 26.6 Å². The number of H-pyrrole nitrogens is 1. The third kappa shape index (κ3) is 2.16. The SMILES string of the molecule is CC(C)OCc1c[nH]c2c(Cl)cccc12. The molecule has 0 aliphatic carbocycles. The van der Waals surface area contributed by atoms with Crippen molar-refractivity contribution in [2.75, 3.05) is 0 Å². The van der Waals surface area contributed by atoms with E-state index in [0.29, 0.717) is 6.61 Å². The van der Waals surface area contributed by atoms with Crippen LogP contribution in [0.25, 0.3) is 10.9 Å². The fraction of sp³-hybridized carbons (Fsp3) is 0.333. The molecule has 0 aliphatic rings. The lowest BCUT2D eigenvalue weighted by Gasteiger charge is -2.06. The van der Waals surface area contributed by atoms with Gasteiger partial charge in [0.15, 0.2) is 0 Å². The van der Waals surface area contributed by atoms with Crippen molar-refractivity contribution in [3.8, 4) is 0 Å². The Morgan fingerprint density at radius 1 is 1.40 bits per heavy atom. The molecule has 0 atom stereocenters. The number of aromatic amines is 1. The van der Waals surface area contributed by atoms with Gasteiger partial charge < -0.3 is 9.72 Å². The molecule has 15 heavy (non-hydrogen) atoms. The molecule has 0 spiro atoms. The first-order chi connectivity index (χ1) is 7.18. The molecule has 1 N–H and O–H groups in total. The fourth-order valence-corrected chi connectivity index (χ4v) is 1.78. The van der Waals surface area contributed by atoms with E-state index in [2.05, 4.69) is 11.1 Å². The molecular weight excluding hydrogens is 210 g/mol. The van der Waals surface area contributed by atoms with Crippen LogP contribution in [0.5, 0.6) is 0 Å². The highest BCUT2D eigenvalue weighted by Crippen LogP contribution is 2.25. The van der Waals surface area contributed by atoms with E-state index in [1.807, 2.05) is 32.2 Å². The summed E-state index contributed by atoms with van der Waals surface area (Å²) in [5, 5.41) is 1.89. The highest BCUT2D eigenvalue weighted by molar-refractivity contribution is 6.35. The normalized spacial score (nSPS) is 11.5. The molecule has 0 saturated carbocycles. The number of nitrogens with one attached hydrogen (secondary N) is 1. The molecule has 0 fully saturated rings. The zero-order chi connectivity index (χ0) is 10.8. The van der Waals surface area contributed by atoms with Crippen LogP contribution in [0.1, 0.15) is 19.4 Å². The van der Waals surface area contributed by atoms with Crippen molar-refractivity contribution in [2.24, 2.45) is 0 Å². The van der Waals surface area contributed by atoms with E-state index >= 15 is 0 Å². The van der Waals surface area contributed by atoms with E-state index in [1.54, 1.807) is 0 Å². The van der Waals surface area contributed by atoms with Crippen LogP contribution in [0.4, 0.5) is 0 Å². The van der Waals surface area contributed by atoms with Crippen molar-refractivity contribution in [3.63, 3.8) is 0 Å². The molecule has 2 rings (SSSR count). The number of aromatic nitrogens is 1. The van der Waals surface area contributed by atoms with Gasteiger partial charge in [-0.2, -0.15) is 0 Å². The number of ether oxygens (including phenoxy) is 1. The second-order valence-corrected chi connectivity index (χ2v) is 4.24. The number of halogens is 1. The van der Waals surface area contributed by atoms with Crippen LogP contribution < -0.4 is 0 Å². The van der Waals surface area contributed by atoms with Gasteiger partial charge in [-0.25, -0.2) is 0 Å². The van der Waals surface area contributed by atoms with Crippen LogP contribution in [0.15, 0.2) is 24.4 Å². The topological polar surface area (TPSA) is 25.0 Å². The third-order valence-corrected chi connectivity index (χ3v) is 2.64. The fourth-order valence-electron chi connectivity index (χ4n) is 1.55. The second kappa shape index (κ2) is 4.25. The molecule has 0 saturated heterocycles. The molecule has 0 radical (unpaired) electrons. The molecule has 2 nitrogen and oxygen atoms in total. The Labute approximate surface area is 94.2 Å². The number of benzene rings is 1. The first-order valence-corrected chi connectivity index (χ1v) is 5.42. The van der Waals surface area contributed by atoms with Crippen molar-refractivity contribution in [1.29, 1.82) is 0 Å². The summed E-state index contributed by atoms with van der Waals surface area (Å²) in [6.45, 7) is 4.68. The number of para-hydroxylation sites is 1. The minimum Gasteiger partial charge on any atom is -0.374 e. The van der Waals surface area contributed by atoms with E-state index in [-0.39, 0.29) is 6.10 Å². The zero-order valence-corrected chi connectivity index (χ0v) is 9.64. The highest BCUT2D eigenvalue weighted by Gasteiger charge is 2.06. The van der Waals surface area contributed by atoms with Gasteiger partial charge in [0.05, 0.1) is 23.3 Å². The first kappa shape index (κ1) is 10.5. The Bertz CT molecular complexity index is 462. The summed E-state index contributed by atoms with van der Waals surface area (Å²) in [6, 6.07) is 5.89. The lowest BCUT2D eigenvalue weighted by Crippen LogP contribution is -2.01. The lowest BCUT2D eigenvalue weighted by molar-refractivity contribution is 0.0664. The van der Waals surface area contributed by atoms with Gasteiger partial charge in [-0.3, -0.25) is 0 Å². The maximum absolute atomic E-state index is 6.06. The summed E-state index contributed by atoms with van der Waals surface area (Å²) in [6.07, 6.45) is 2.20. The van der Waals surface area contributed by atoms with Gasteiger partial charge in [-0.15, -0.1) is 0 Å². The molecule has 0 aliphatic heterocycles. The van der Waals surface area contributed by atoms with Crippen LogP contribution in [-0.4, -0.2) is 11.1 Å².